The number of rotatable bonds is 1. The molecule has 1 rings (SSSR count). The highest BCUT2D eigenvalue weighted by Crippen LogP contribution is 1.96. The van der Waals surface area contributed by atoms with Gasteiger partial charge in [-0.25, -0.2) is 5.01 Å². The molecule has 1 heterocycles. The van der Waals surface area contributed by atoms with E-state index in [4.69, 9.17) is 4.74 Å². The van der Waals surface area contributed by atoms with Gasteiger partial charge in [-0.05, 0) is 0 Å². The van der Waals surface area contributed by atoms with Crippen LogP contribution in [0.4, 0.5) is 0 Å². The van der Waals surface area contributed by atoms with Crippen LogP contribution < -0.4 is 0 Å². The molecule has 4 heteroatoms. The molecule has 44 valence electrons. The Bertz CT molecular complexity index is 113. The first-order valence-corrected chi connectivity index (χ1v) is 2.31. The Kier molecular flexibility index (Phi) is 1.46. The Labute approximate surface area is 46.7 Å². The molecule has 0 atom stereocenters. The van der Waals surface area contributed by atoms with E-state index in [2.05, 4.69) is 5.29 Å². The second-order valence-electron chi connectivity index (χ2n) is 1.40. The summed E-state index contributed by atoms with van der Waals surface area (Å²) < 4.78 is 4.78. The van der Waals surface area contributed by atoms with Crippen molar-refractivity contribution in [1.29, 1.82) is 0 Å². The van der Waals surface area contributed by atoms with Gasteiger partial charge in [-0.1, -0.05) is 0 Å². The lowest BCUT2D eigenvalue weighted by atomic mass is 10.6. The first-order valence-electron chi connectivity index (χ1n) is 2.31. The van der Waals surface area contributed by atoms with Gasteiger partial charge in [-0.3, -0.25) is 0 Å². The summed E-state index contributed by atoms with van der Waals surface area (Å²) in [6.07, 6.45) is 2.95. The Hall–Kier alpha value is -1.06. The zero-order valence-corrected chi connectivity index (χ0v) is 4.28. The van der Waals surface area contributed by atoms with Crippen LogP contribution in [0.25, 0.3) is 0 Å². The van der Waals surface area contributed by atoms with Gasteiger partial charge in [0.05, 0.1) is 18.0 Å². The van der Waals surface area contributed by atoms with Crippen LogP contribution in [-0.4, -0.2) is 18.2 Å². The van der Waals surface area contributed by atoms with Crippen LogP contribution in [-0.2, 0) is 4.74 Å². The summed E-state index contributed by atoms with van der Waals surface area (Å²) in [6.45, 7) is 1.10. The molecule has 0 bridgehead atoms. The lowest BCUT2D eigenvalue weighted by Crippen LogP contribution is -2.18. The summed E-state index contributed by atoms with van der Waals surface area (Å²) in [5.74, 6) is 0. The second kappa shape index (κ2) is 2.30. The van der Waals surface area contributed by atoms with Crippen molar-refractivity contribution in [3.8, 4) is 0 Å². The standard InChI is InChI=1S/C4H6N2O2/c7-5-6-1-3-8-4-2-6/h1,3H,2,4H2/i5+1. The van der Waals surface area contributed by atoms with Crippen molar-refractivity contribution in [2.24, 2.45) is 5.29 Å². The highest BCUT2D eigenvalue weighted by atomic mass is 16.5. The van der Waals surface area contributed by atoms with Gasteiger partial charge < -0.3 is 4.74 Å². The Balaban J connectivity index is 2.42. The van der Waals surface area contributed by atoms with E-state index in [9.17, 15) is 4.91 Å². The van der Waals surface area contributed by atoms with Crippen molar-refractivity contribution in [3.05, 3.63) is 17.4 Å². The van der Waals surface area contributed by atoms with Gasteiger partial charge in [0.2, 0.25) is 0 Å². The van der Waals surface area contributed by atoms with Crippen molar-refractivity contribution in [2.45, 2.75) is 0 Å². The summed E-state index contributed by atoms with van der Waals surface area (Å²) in [7, 11) is 0. The minimum atomic E-state index is 0.544. The molecule has 0 saturated carbocycles. The highest BCUT2D eigenvalue weighted by Gasteiger charge is 2.00. The number of nitrogens with zero attached hydrogens (tertiary/aromatic N) is 2. The first kappa shape index (κ1) is 5.08. The first-order chi connectivity index (χ1) is 3.93. The molecule has 1 aliphatic heterocycles. The van der Waals surface area contributed by atoms with E-state index in [-0.39, 0.29) is 0 Å². The van der Waals surface area contributed by atoms with Gasteiger partial charge >= 0.3 is 0 Å². The Morgan fingerprint density at radius 2 is 2.62 bits per heavy atom. The number of nitroso groups, excluding NO2 is 1. The summed E-state index contributed by atoms with van der Waals surface area (Å²) in [5.41, 5.74) is 0. The molecule has 1 aliphatic rings. The lowest BCUT2D eigenvalue weighted by Gasteiger charge is -2.13. The number of hydrogen-bond acceptors (Lipinski definition) is 3. The SMILES string of the molecule is O=[15N]N1C=COCC1. The molecule has 0 aromatic heterocycles. The average molecular weight is 115 g/mol. The minimum Gasteiger partial charge on any atom is -0.498 e. The van der Waals surface area contributed by atoms with Gasteiger partial charge in [0.15, 0.2) is 0 Å². The van der Waals surface area contributed by atoms with Crippen LogP contribution in [0.1, 0.15) is 0 Å². The number of ether oxygens (including phenoxy) is 1. The van der Waals surface area contributed by atoms with Crippen LogP contribution in [0.3, 0.4) is 0 Å². The Morgan fingerprint density at radius 3 is 3.00 bits per heavy atom. The number of hydrogen-bond donors (Lipinski definition) is 0. The summed E-state index contributed by atoms with van der Waals surface area (Å²) in [5, 5.41) is 3.95. The quantitative estimate of drug-likeness (QED) is 0.368. The minimum absolute atomic E-state index is 0.544. The molecular formula is C4H6N2O2. The maximum Gasteiger partial charge on any atom is 0.107 e. The van der Waals surface area contributed by atoms with Crippen LogP contribution in [0.5, 0.6) is 0 Å². The molecular weight excluding hydrogens is 109 g/mol. The molecule has 0 aromatic rings. The van der Waals surface area contributed by atoms with Crippen molar-refractivity contribution < 1.29 is 4.74 Å². The molecule has 0 aromatic carbocycles. The second-order valence-corrected chi connectivity index (χ2v) is 1.40. The van der Waals surface area contributed by atoms with Crippen LogP contribution in [0.2, 0.25) is 0 Å². The molecule has 0 N–H and O–H groups in total. The normalized spacial score (nSPS) is 17.8. The molecule has 8 heavy (non-hydrogen) atoms. The fraction of sp³-hybridized carbons (Fsp3) is 0.500. The van der Waals surface area contributed by atoms with E-state index >= 15 is 0 Å². The van der Waals surface area contributed by atoms with Crippen molar-refractivity contribution in [2.75, 3.05) is 13.2 Å². The van der Waals surface area contributed by atoms with Crippen LogP contribution in [0.15, 0.2) is 17.7 Å². The average Bonchev–Trinajstić information content (AvgIpc) is 1.90. The van der Waals surface area contributed by atoms with Gasteiger partial charge in [0, 0.05) is 0 Å². The third kappa shape index (κ3) is 0.959. The molecule has 4 nitrogen and oxygen atoms in total. The van der Waals surface area contributed by atoms with E-state index < -0.39 is 0 Å². The summed E-state index contributed by atoms with van der Waals surface area (Å²) in [4.78, 5) is 9.73. The van der Waals surface area contributed by atoms with E-state index in [0.717, 1.165) is 0 Å². The molecule has 0 amide bonds. The van der Waals surface area contributed by atoms with Gasteiger partial charge in [-0.2, -0.15) is 0 Å². The molecule has 0 aliphatic carbocycles. The van der Waals surface area contributed by atoms with E-state index in [1.165, 1.54) is 17.5 Å². The smallest absolute Gasteiger partial charge is 0.107 e. The maximum absolute atomic E-state index is 9.73. The third-order valence-electron chi connectivity index (χ3n) is 0.872. The maximum atomic E-state index is 9.73. The third-order valence-corrected chi connectivity index (χ3v) is 0.872. The topological polar surface area (TPSA) is 41.9 Å². The van der Waals surface area contributed by atoms with Crippen molar-refractivity contribution >= 4 is 0 Å². The fourth-order valence-electron chi connectivity index (χ4n) is 0.470. The molecule has 0 radical (unpaired) electrons. The largest absolute Gasteiger partial charge is 0.498 e. The Morgan fingerprint density at radius 1 is 1.75 bits per heavy atom. The van der Waals surface area contributed by atoms with E-state index in [0.29, 0.717) is 13.2 Å². The van der Waals surface area contributed by atoms with Crippen molar-refractivity contribution in [1.82, 2.24) is 5.01 Å². The fourth-order valence-corrected chi connectivity index (χ4v) is 0.470. The zero-order valence-electron chi connectivity index (χ0n) is 4.28. The van der Waals surface area contributed by atoms with Gasteiger partial charge in [0.1, 0.15) is 12.9 Å². The van der Waals surface area contributed by atoms with Gasteiger partial charge in [0.25, 0.3) is 0 Å². The predicted molar refractivity (Wildman–Crippen MR) is 27.6 cm³/mol. The lowest BCUT2D eigenvalue weighted by molar-refractivity contribution is 0.175. The highest BCUT2D eigenvalue weighted by molar-refractivity contribution is 4.76. The molecule has 0 spiro atoms. The van der Waals surface area contributed by atoms with Crippen LogP contribution in [0, 0.1) is 4.91 Å². The summed E-state index contributed by atoms with van der Waals surface area (Å²) >= 11 is 0. The monoisotopic (exact) mass is 115 g/mol. The molecule has 0 unspecified atom stereocenters. The van der Waals surface area contributed by atoms with Crippen molar-refractivity contribution in [3.63, 3.8) is 0 Å². The van der Waals surface area contributed by atoms with Crippen LogP contribution >= 0.6 is 0 Å². The molecule has 0 saturated heterocycles. The van der Waals surface area contributed by atoms with E-state index in [1.807, 2.05) is 0 Å². The van der Waals surface area contributed by atoms with E-state index in [1.54, 1.807) is 0 Å². The predicted octanol–water partition coefficient (Wildman–Crippen LogP) is 0.471. The summed E-state index contributed by atoms with van der Waals surface area (Å²) in [6, 6.07) is 0. The molecule has 0 fully saturated rings. The zero-order chi connectivity index (χ0) is 5.82. The van der Waals surface area contributed by atoms with Gasteiger partial charge in [-0.15, -0.1) is 4.91 Å².